The molecule has 41 heavy (non-hydrogen) atoms. The largest absolute Gasteiger partial charge is 0.381 e. The average molecular weight is 591 g/mol. The Balaban J connectivity index is 1.22. The van der Waals surface area contributed by atoms with Crippen LogP contribution in [0, 0.1) is 5.92 Å². The summed E-state index contributed by atoms with van der Waals surface area (Å²) in [6.07, 6.45) is 5.26. The van der Waals surface area contributed by atoms with Gasteiger partial charge in [0.15, 0.2) is 5.11 Å². The number of piperidine rings is 1. The van der Waals surface area contributed by atoms with Gasteiger partial charge in [-0.3, -0.25) is 0 Å². The Labute approximate surface area is 253 Å². The zero-order valence-corrected chi connectivity index (χ0v) is 25.3. The molecule has 2 aromatic carbocycles. The Kier molecular flexibility index (Phi) is 8.60. The van der Waals surface area contributed by atoms with Crippen molar-refractivity contribution < 1.29 is 4.74 Å². The number of nitrogens with zero attached hydrogens (tertiary/aromatic N) is 4. The lowest BCUT2D eigenvalue weighted by Gasteiger charge is -2.38. The first-order chi connectivity index (χ1) is 20.0. The van der Waals surface area contributed by atoms with Crippen LogP contribution in [0.3, 0.4) is 0 Å². The number of thiocarbonyl (C=S) groups is 1. The summed E-state index contributed by atoms with van der Waals surface area (Å²) in [4.78, 5) is 14.7. The third-order valence-electron chi connectivity index (χ3n) is 8.83. The number of nitrogens with one attached hydrogen (secondary N) is 2. The van der Waals surface area contributed by atoms with E-state index in [9.17, 15) is 0 Å². The molecule has 0 amide bonds. The van der Waals surface area contributed by atoms with Gasteiger partial charge in [0.1, 0.15) is 11.6 Å². The quantitative estimate of drug-likeness (QED) is 0.341. The van der Waals surface area contributed by atoms with Crippen LogP contribution >= 0.6 is 23.8 Å². The first-order valence-electron chi connectivity index (χ1n) is 14.8. The molecule has 7 nitrogen and oxygen atoms in total. The van der Waals surface area contributed by atoms with Crippen LogP contribution in [0.2, 0.25) is 5.02 Å². The van der Waals surface area contributed by atoms with Gasteiger partial charge in [-0.05, 0) is 79.1 Å². The van der Waals surface area contributed by atoms with E-state index in [1.54, 1.807) is 0 Å². The topological polar surface area (TPSA) is 65.5 Å². The monoisotopic (exact) mass is 590 g/mol. The van der Waals surface area contributed by atoms with Gasteiger partial charge in [0.25, 0.3) is 0 Å². The molecule has 1 atom stereocenters. The fourth-order valence-electron chi connectivity index (χ4n) is 6.43. The minimum absolute atomic E-state index is 0.103. The lowest BCUT2D eigenvalue weighted by atomic mass is 9.74. The summed E-state index contributed by atoms with van der Waals surface area (Å²) >= 11 is 12.2. The van der Waals surface area contributed by atoms with E-state index in [2.05, 4.69) is 69.8 Å². The second kappa shape index (κ2) is 12.5. The number of benzene rings is 2. The van der Waals surface area contributed by atoms with E-state index >= 15 is 0 Å². The van der Waals surface area contributed by atoms with Crippen LogP contribution in [0.15, 0.2) is 54.6 Å². The van der Waals surface area contributed by atoms with Gasteiger partial charge in [0.2, 0.25) is 5.95 Å². The Morgan fingerprint density at radius 1 is 1.02 bits per heavy atom. The maximum absolute atomic E-state index is 6.38. The number of hydrogen-bond acceptors (Lipinski definition) is 6. The molecule has 0 radical (unpaired) electrons. The minimum Gasteiger partial charge on any atom is -0.381 e. The highest BCUT2D eigenvalue weighted by molar-refractivity contribution is 7.80. The van der Waals surface area contributed by atoms with E-state index in [0.717, 1.165) is 75.3 Å². The summed E-state index contributed by atoms with van der Waals surface area (Å²) in [7, 11) is 0. The van der Waals surface area contributed by atoms with Gasteiger partial charge in [-0.1, -0.05) is 54.9 Å². The zero-order chi connectivity index (χ0) is 28.2. The molecule has 3 aliphatic heterocycles. The third kappa shape index (κ3) is 6.60. The molecule has 0 spiro atoms. The fraction of sp³-hybridized carbons (Fsp3) is 0.469. The summed E-state index contributed by atoms with van der Waals surface area (Å²) in [6, 6.07) is 19.0. The zero-order valence-electron chi connectivity index (χ0n) is 23.7. The second-order valence-electron chi connectivity index (χ2n) is 11.8. The van der Waals surface area contributed by atoms with Crippen LogP contribution in [0.4, 0.5) is 17.6 Å². The third-order valence-corrected chi connectivity index (χ3v) is 9.32. The molecule has 2 saturated heterocycles. The molecule has 0 bridgehead atoms. The number of rotatable bonds is 6. The molecule has 0 unspecified atom stereocenters. The van der Waals surface area contributed by atoms with Crippen molar-refractivity contribution in [3.05, 3.63) is 76.3 Å². The lowest BCUT2D eigenvalue weighted by molar-refractivity contribution is 0.0515. The van der Waals surface area contributed by atoms with Crippen molar-refractivity contribution in [1.29, 1.82) is 0 Å². The van der Waals surface area contributed by atoms with Gasteiger partial charge in [-0.2, -0.15) is 9.97 Å². The predicted molar refractivity (Wildman–Crippen MR) is 171 cm³/mol. The van der Waals surface area contributed by atoms with Gasteiger partial charge < -0.3 is 25.2 Å². The number of aromatic nitrogens is 2. The van der Waals surface area contributed by atoms with Crippen molar-refractivity contribution in [1.82, 2.24) is 15.3 Å². The van der Waals surface area contributed by atoms with Crippen LogP contribution in [0.25, 0.3) is 0 Å². The number of ether oxygens (including phenoxy) is 1. The van der Waals surface area contributed by atoms with Crippen molar-refractivity contribution in [2.75, 3.05) is 54.5 Å². The summed E-state index contributed by atoms with van der Waals surface area (Å²) in [5.41, 5.74) is 3.90. The molecule has 9 heteroatoms. The smallest absolute Gasteiger partial charge is 0.232 e. The second-order valence-corrected chi connectivity index (χ2v) is 12.6. The molecule has 3 aliphatic rings. The fourth-order valence-corrected chi connectivity index (χ4v) is 6.79. The highest BCUT2D eigenvalue weighted by Crippen LogP contribution is 2.35. The molecule has 216 valence electrons. The Hall–Kier alpha value is -2.94. The van der Waals surface area contributed by atoms with Crippen LogP contribution in [0.1, 0.15) is 49.3 Å². The molecular weight excluding hydrogens is 552 g/mol. The van der Waals surface area contributed by atoms with Crippen LogP contribution in [0.5, 0.6) is 0 Å². The first-order valence-corrected chi connectivity index (χ1v) is 15.6. The van der Waals surface area contributed by atoms with Crippen LogP contribution in [-0.2, 0) is 23.1 Å². The highest BCUT2D eigenvalue weighted by atomic mass is 35.5. The lowest BCUT2D eigenvalue weighted by Crippen LogP contribution is -2.45. The number of hydrogen-bond donors (Lipinski definition) is 2. The number of anilines is 3. The Morgan fingerprint density at radius 3 is 2.59 bits per heavy atom. The Bertz CT molecular complexity index is 1380. The van der Waals surface area contributed by atoms with Crippen molar-refractivity contribution >= 4 is 46.5 Å². The first kappa shape index (κ1) is 28.2. The van der Waals surface area contributed by atoms with E-state index in [4.69, 9.17) is 38.5 Å². The predicted octanol–water partition coefficient (Wildman–Crippen LogP) is 5.96. The van der Waals surface area contributed by atoms with E-state index in [1.807, 2.05) is 12.1 Å². The summed E-state index contributed by atoms with van der Waals surface area (Å²) in [5, 5.41) is 8.10. The van der Waals surface area contributed by atoms with E-state index < -0.39 is 0 Å². The van der Waals surface area contributed by atoms with Gasteiger partial charge in [-0.15, -0.1) is 0 Å². The SMILES string of the molecule is C[C@H]1CCCN(c2cc(N3CCc4ccccc4C3)nc(NC(=S)NCC3(c4cccc(Cl)c4)CCOCC3)n2)C1. The number of fused-ring (bicyclic) bond motifs is 1. The van der Waals surface area contributed by atoms with Gasteiger partial charge in [-0.25, -0.2) is 0 Å². The van der Waals surface area contributed by atoms with Gasteiger partial charge in [0, 0.05) is 62.4 Å². The van der Waals surface area contributed by atoms with Crippen molar-refractivity contribution in [3.8, 4) is 0 Å². The van der Waals surface area contributed by atoms with E-state index in [0.29, 0.717) is 23.5 Å². The summed E-state index contributed by atoms with van der Waals surface area (Å²) in [6.45, 7) is 8.22. The van der Waals surface area contributed by atoms with Crippen LogP contribution < -0.4 is 20.4 Å². The van der Waals surface area contributed by atoms with Crippen molar-refractivity contribution in [3.63, 3.8) is 0 Å². The average Bonchev–Trinajstić information content (AvgIpc) is 3.00. The Morgan fingerprint density at radius 2 is 1.80 bits per heavy atom. The maximum Gasteiger partial charge on any atom is 0.232 e. The van der Waals surface area contributed by atoms with E-state index in [-0.39, 0.29) is 5.41 Å². The molecular formula is C32H39ClN6OS. The summed E-state index contributed by atoms with van der Waals surface area (Å²) in [5.74, 6) is 3.08. The molecule has 2 N–H and O–H groups in total. The molecule has 6 rings (SSSR count). The summed E-state index contributed by atoms with van der Waals surface area (Å²) < 4.78 is 5.71. The molecule has 2 fully saturated rings. The number of halogens is 1. The molecule has 0 aliphatic carbocycles. The standard InChI is InChI=1S/C32H39ClN6OS/c1-23-6-5-14-38(20-23)28-19-29(39-15-11-24-7-2-3-8-25(24)21-39)36-30(35-28)37-31(41)34-22-32(12-16-40-17-13-32)26-9-4-10-27(33)18-26/h2-4,7-10,18-19,23H,5-6,11-17,20-22H2,1H3,(H2,34,35,36,37,41)/t23-/m0/s1. The molecule has 0 saturated carbocycles. The molecule has 3 aromatic rings. The van der Waals surface area contributed by atoms with Gasteiger partial charge >= 0.3 is 0 Å². The van der Waals surface area contributed by atoms with E-state index in [1.165, 1.54) is 29.5 Å². The van der Waals surface area contributed by atoms with Crippen LogP contribution in [-0.4, -0.2) is 54.5 Å². The maximum atomic E-state index is 6.38. The van der Waals surface area contributed by atoms with Crippen molar-refractivity contribution in [2.45, 2.75) is 51.0 Å². The van der Waals surface area contributed by atoms with Crippen molar-refractivity contribution in [2.24, 2.45) is 5.92 Å². The molecule has 4 heterocycles. The normalized spacial score (nSPS) is 20.3. The van der Waals surface area contributed by atoms with Gasteiger partial charge in [0.05, 0.1) is 0 Å². The highest BCUT2D eigenvalue weighted by Gasteiger charge is 2.35. The minimum atomic E-state index is -0.103. The molecule has 1 aromatic heterocycles.